The average molecular weight is 352 g/mol. The predicted molar refractivity (Wildman–Crippen MR) is 87.2 cm³/mol. The van der Waals surface area contributed by atoms with Crippen LogP contribution in [0.4, 0.5) is 14.9 Å². The number of rotatable bonds is 4. The third-order valence-corrected chi connectivity index (χ3v) is 4.47. The monoisotopic (exact) mass is 352 g/mol. The number of carbonyl (C=O) groups is 2. The Labute approximate surface area is 144 Å². The smallest absolute Gasteiger partial charge is 0.321 e. The minimum atomic E-state index is -0.902. The minimum absolute atomic E-state index is 0.0885. The maximum atomic E-state index is 13.6. The first-order chi connectivity index (χ1) is 12.0. The van der Waals surface area contributed by atoms with Gasteiger partial charge in [0, 0.05) is 32.0 Å². The topological polar surface area (TPSA) is 88.1 Å². The summed E-state index contributed by atoms with van der Waals surface area (Å²) in [4.78, 5) is 24.8. The molecule has 25 heavy (non-hydrogen) atoms. The maximum absolute atomic E-state index is 13.6. The van der Waals surface area contributed by atoms with Crippen LogP contribution in [0, 0.1) is 11.7 Å². The molecule has 1 atom stereocenters. The first kappa shape index (κ1) is 17.5. The molecule has 1 unspecified atom stereocenters. The first-order valence-corrected chi connectivity index (χ1v) is 8.35. The number of amides is 2. The molecule has 2 aliphatic heterocycles. The van der Waals surface area contributed by atoms with Crippen LogP contribution in [0.25, 0.3) is 0 Å². The quantitative estimate of drug-likeness (QED) is 0.868. The number of carbonyl (C=O) groups excluding carboxylic acids is 1. The van der Waals surface area contributed by atoms with Gasteiger partial charge in [-0.2, -0.15) is 0 Å². The Morgan fingerprint density at radius 1 is 1.28 bits per heavy atom. The van der Waals surface area contributed by atoms with Gasteiger partial charge in [-0.25, -0.2) is 9.18 Å². The summed E-state index contributed by atoms with van der Waals surface area (Å²) in [5.41, 5.74) is 0.372. The largest absolute Gasteiger partial charge is 0.488 e. The zero-order valence-corrected chi connectivity index (χ0v) is 13.7. The van der Waals surface area contributed by atoms with Crippen molar-refractivity contribution in [2.24, 2.45) is 5.92 Å². The standard InChI is InChI=1S/C17H21FN2O5/c18-12-1-2-14(15(9-12)25-13-4-7-24-8-5-13)19-17(23)20-6-3-11(10-20)16(21)22/h1-2,9,11,13H,3-8,10H2,(H,19,23)(H,21,22). The molecule has 1 aromatic rings. The van der Waals surface area contributed by atoms with E-state index in [4.69, 9.17) is 14.6 Å². The molecule has 136 valence electrons. The van der Waals surface area contributed by atoms with Gasteiger partial charge in [-0.15, -0.1) is 0 Å². The minimum Gasteiger partial charge on any atom is -0.488 e. The number of carboxylic acids is 1. The summed E-state index contributed by atoms with van der Waals surface area (Å²) in [6.45, 7) is 1.72. The molecule has 8 heteroatoms. The van der Waals surface area contributed by atoms with Crippen LogP contribution >= 0.6 is 0 Å². The van der Waals surface area contributed by atoms with E-state index in [1.165, 1.54) is 23.1 Å². The van der Waals surface area contributed by atoms with Crippen molar-refractivity contribution in [3.8, 4) is 5.75 Å². The van der Waals surface area contributed by atoms with Crippen molar-refractivity contribution < 1.29 is 28.6 Å². The second-order valence-corrected chi connectivity index (χ2v) is 6.27. The Hall–Kier alpha value is -2.35. The first-order valence-electron chi connectivity index (χ1n) is 8.35. The molecule has 2 amide bonds. The summed E-state index contributed by atoms with van der Waals surface area (Å²) in [6.07, 6.45) is 1.75. The second kappa shape index (κ2) is 7.69. The normalized spacial score (nSPS) is 21.2. The number of aliphatic carboxylic acids is 1. The van der Waals surface area contributed by atoms with Gasteiger partial charge >= 0.3 is 12.0 Å². The van der Waals surface area contributed by atoms with Gasteiger partial charge in [-0.05, 0) is 18.6 Å². The lowest BCUT2D eigenvalue weighted by atomic mass is 10.1. The summed E-state index contributed by atoms with van der Waals surface area (Å²) >= 11 is 0. The number of nitrogens with one attached hydrogen (secondary N) is 1. The number of hydrogen-bond acceptors (Lipinski definition) is 4. The second-order valence-electron chi connectivity index (χ2n) is 6.27. The van der Waals surface area contributed by atoms with E-state index < -0.39 is 23.7 Å². The highest BCUT2D eigenvalue weighted by Gasteiger charge is 2.31. The van der Waals surface area contributed by atoms with Gasteiger partial charge in [0.2, 0.25) is 0 Å². The zero-order chi connectivity index (χ0) is 17.8. The average Bonchev–Trinajstić information content (AvgIpc) is 3.09. The summed E-state index contributed by atoms with van der Waals surface area (Å²) in [7, 11) is 0. The van der Waals surface area contributed by atoms with Gasteiger partial charge in [0.25, 0.3) is 0 Å². The molecule has 0 bridgehead atoms. The maximum Gasteiger partial charge on any atom is 0.321 e. The molecule has 3 rings (SSSR count). The molecule has 2 fully saturated rings. The number of likely N-dealkylation sites (tertiary alicyclic amines) is 1. The van der Waals surface area contributed by atoms with Crippen molar-refractivity contribution in [2.75, 3.05) is 31.6 Å². The Kier molecular flexibility index (Phi) is 5.37. The summed E-state index contributed by atoms with van der Waals surface area (Å²) in [5.74, 6) is -1.63. The van der Waals surface area contributed by atoms with Crippen molar-refractivity contribution in [1.29, 1.82) is 0 Å². The molecule has 0 aliphatic carbocycles. The molecule has 7 nitrogen and oxygen atoms in total. The summed E-state index contributed by atoms with van der Waals surface area (Å²) in [5, 5.41) is 11.7. The van der Waals surface area contributed by atoms with E-state index in [1.807, 2.05) is 0 Å². The van der Waals surface area contributed by atoms with Gasteiger partial charge in [0.05, 0.1) is 24.8 Å². The van der Waals surface area contributed by atoms with Crippen molar-refractivity contribution in [3.63, 3.8) is 0 Å². The molecule has 1 aromatic carbocycles. The van der Waals surface area contributed by atoms with Crippen LogP contribution in [0.1, 0.15) is 19.3 Å². The SMILES string of the molecule is O=C(O)C1CCN(C(=O)Nc2ccc(F)cc2OC2CCOCC2)C1. The molecule has 0 spiro atoms. The van der Waals surface area contributed by atoms with E-state index >= 15 is 0 Å². The Balaban J connectivity index is 1.67. The van der Waals surface area contributed by atoms with Gasteiger partial charge in [0.1, 0.15) is 17.7 Å². The number of benzene rings is 1. The van der Waals surface area contributed by atoms with Crippen molar-refractivity contribution in [2.45, 2.75) is 25.4 Å². The highest BCUT2D eigenvalue weighted by Crippen LogP contribution is 2.29. The number of carboxylic acid groups (broad SMARTS) is 1. The molecule has 2 aliphatic rings. The van der Waals surface area contributed by atoms with Gasteiger partial charge < -0.3 is 24.8 Å². The number of anilines is 1. The van der Waals surface area contributed by atoms with E-state index in [1.54, 1.807) is 0 Å². The van der Waals surface area contributed by atoms with Crippen LogP contribution in [0.2, 0.25) is 0 Å². The number of urea groups is 1. The lowest BCUT2D eigenvalue weighted by molar-refractivity contribution is -0.141. The van der Waals surface area contributed by atoms with E-state index in [-0.39, 0.29) is 18.4 Å². The highest BCUT2D eigenvalue weighted by atomic mass is 19.1. The van der Waals surface area contributed by atoms with Crippen LogP contribution in [0.5, 0.6) is 5.75 Å². The van der Waals surface area contributed by atoms with Crippen LogP contribution in [-0.4, -0.2) is 54.4 Å². The number of nitrogens with zero attached hydrogens (tertiary/aromatic N) is 1. The van der Waals surface area contributed by atoms with Crippen molar-refractivity contribution in [3.05, 3.63) is 24.0 Å². The van der Waals surface area contributed by atoms with Gasteiger partial charge in [-0.1, -0.05) is 0 Å². The van der Waals surface area contributed by atoms with Gasteiger partial charge in [0.15, 0.2) is 0 Å². The molecular formula is C17H21FN2O5. The molecule has 2 saturated heterocycles. The molecule has 0 radical (unpaired) electrons. The molecule has 0 aromatic heterocycles. The van der Waals surface area contributed by atoms with Gasteiger partial charge in [-0.3, -0.25) is 4.79 Å². The summed E-state index contributed by atoms with van der Waals surface area (Å²) < 4.78 is 24.7. The summed E-state index contributed by atoms with van der Waals surface area (Å²) in [6, 6.07) is 3.53. The Morgan fingerprint density at radius 2 is 2.04 bits per heavy atom. The fourth-order valence-corrected chi connectivity index (χ4v) is 3.01. The Morgan fingerprint density at radius 3 is 2.72 bits per heavy atom. The van der Waals surface area contributed by atoms with Crippen LogP contribution < -0.4 is 10.1 Å². The van der Waals surface area contributed by atoms with E-state index in [0.29, 0.717) is 44.7 Å². The fourth-order valence-electron chi connectivity index (χ4n) is 3.01. The van der Waals surface area contributed by atoms with Crippen molar-refractivity contribution >= 4 is 17.7 Å². The van der Waals surface area contributed by atoms with E-state index in [0.717, 1.165) is 0 Å². The van der Waals surface area contributed by atoms with E-state index in [9.17, 15) is 14.0 Å². The number of ether oxygens (including phenoxy) is 2. The molecule has 0 saturated carbocycles. The third kappa shape index (κ3) is 4.39. The van der Waals surface area contributed by atoms with Crippen LogP contribution in [0.3, 0.4) is 0 Å². The van der Waals surface area contributed by atoms with Crippen LogP contribution in [-0.2, 0) is 9.53 Å². The lowest BCUT2D eigenvalue weighted by Crippen LogP contribution is -2.34. The third-order valence-electron chi connectivity index (χ3n) is 4.47. The molecule has 2 N–H and O–H groups in total. The Bertz CT molecular complexity index is 648. The lowest BCUT2D eigenvalue weighted by Gasteiger charge is -2.25. The highest BCUT2D eigenvalue weighted by molar-refractivity contribution is 5.91. The van der Waals surface area contributed by atoms with Crippen LogP contribution in [0.15, 0.2) is 18.2 Å². The predicted octanol–water partition coefficient (Wildman–Crippen LogP) is 2.32. The number of halogens is 1. The van der Waals surface area contributed by atoms with E-state index in [2.05, 4.69) is 5.32 Å². The molecule has 2 heterocycles. The molecular weight excluding hydrogens is 331 g/mol. The fraction of sp³-hybridized carbons (Fsp3) is 0.529. The number of hydrogen-bond donors (Lipinski definition) is 2. The van der Waals surface area contributed by atoms with Crippen molar-refractivity contribution in [1.82, 2.24) is 4.90 Å². The zero-order valence-electron chi connectivity index (χ0n) is 13.7.